The van der Waals surface area contributed by atoms with E-state index in [1.807, 2.05) is 6.92 Å². The molecule has 2 aliphatic rings. The van der Waals surface area contributed by atoms with Crippen molar-refractivity contribution >= 4 is 12.0 Å². The number of ether oxygens (including phenoxy) is 1. The molecule has 1 heterocycles. The van der Waals surface area contributed by atoms with Crippen LogP contribution in [0.2, 0.25) is 0 Å². The highest BCUT2D eigenvalue weighted by molar-refractivity contribution is 5.77. The summed E-state index contributed by atoms with van der Waals surface area (Å²) < 4.78 is 5.27. The number of rotatable bonds is 4. The zero-order chi connectivity index (χ0) is 15.2. The summed E-state index contributed by atoms with van der Waals surface area (Å²) in [5, 5.41) is 12.3. The third-order valence-corrected chi connectivity index (χ3v) is 4.55. The molecule has 6 heteroatoms. The lowest BCUT2D eigenvalue weighted by Crippen LogP contribution is -2.52. The smallest absolute Gasteiger partial charge is 0.317 e. The lowest BCUT2D eigenvalue weighted by Gasteiger charge is -2.31. The predicted molar refractivity (Wildman–Crippen MR) is 78.1 cm³/mol. The van der Waals surface area contributed by atoms with E-state index in [0.29, 0.717) is 13.2 Å². The zero-order valence-electron chi connectivity index (χ0n) is 12.7. The molecule has 21 heavy (non-hydrogen) atoms. The summed E-state index contributed by atoms with van der Waals surface area (Å²) in [5.74, 6) is -1.51. The third-order valence-electron chi connectivity index (χ3n) is 4.55. The minimum absolute atomic E-state index is 0.147. The molecule has 2 fully saturated rings. The highest BCUT2D eigenvalue weighted by Gasteiger charge is 2.39. The van der Waals surface area contributed by atoms with Crippen LogP contribution < -0.4 is 5.32 Å². The highest BCUT2D eigenvalue weighted by Crippen LogP contribution is 2.21. The second-order valence-electron chi connectivity index (χ2n) is 5.97. The minimum Gasteiger partial charge on any atom is -0.481 e. The molecular weight excluding hydrogens is 272 g/mol. The molecule has 0 aromatic carbocycles. The highest BCUT2D eigenvalue weighted by atomic mass is 16.5. The van der Waals surface area contributed by atoms with Crippen LogP contribution >= 0.6 is 0 Å². The van der Waals surface area contributed by atoms with Gasteiger partial charge >= 0.3 is 12.0 Å². The summed E-state index contributed by atoms with van der Waals surface area (Å²) in [6.07, 6.45) is 6.82. The van der Waals surface area contributed by atoms with Gasteiger partial charge in [0, 0.05) is 12.6 Å². The molecule has 0 radical (unpaired) electrons. The second-order valence-corrected chi connectivity index (χ2v) is 5.97. The van der Waals surface area contributed by atoms with E-state index < -0.39 is 11.9 Å². The Labute approximate surface area is 125 Å². The van der Waals surface area contributed by atoms with Gasteiger partial charge in [-0.3, -0.25) is 4.79 Å². The number of carboxylic acids is 1. The van der Waals surface area contributed by atoms with Crippen molar-refractivity contribution in [2.24, 2.45) is 5.92 Å². The molecule has 1 saturated carbocycles. The molecule has 1 saturated heterocycles. The first kappa shape index (κ1) is 16.1. The topological polar surface area (TPSA) is 78.9 Å². The Kier molecular flexibility index (Phi) is 5.85. The van der Waals surface area contributed by atoms with Crippen LogP contribution in [-0.2, 0) is 9.53 Å². The van der Waals surface area contributed by atoms with Crippen molar-refractivity contribution in [2.45, 2.75) is 57.5 Å². The van der Waals surface area contributed by atoms with Crippen LogP contribution in [0.5, 0.6) is 0 Å². The molecule has 6 nitrogen and oxygen atoms in total. The van der Waals surface area contributed by atoms with Crippen molar-refractivity contribution in [3.05, 3.63) is 0 Å². The van der Waals surface area contributed by atoms with Crippen molar-refractivity contribution in [3.63, 3.8) is 0 Å². The fraction of sp³-hybridized carbons (Fsp3) is 0.867. The second kappa shape index (κ2) is 7.64. The fourth-order valence-electron chi connectivity index (χ4n) is 3.30. The number of nitrogens with zero attached hydrogens (tertiary/aromatic N) is 1. The van der Waals surface area contributed by atoms with E-state index in [0.717, 1.165) is 25.7 Å². The predicted octanol–water partition coefficient (Wildman–Crippen LogP) is 1.84. The maximum atomic E-state index is 12.5. The van der Waals surface area contributed by atoms with E-state index >= 15 is 0 Å². The summed E-state index contributed by atoms with van der Waals surface area (Å²) >= 11 is 0. The first-order valence-electron chi connectivity index (χ1n) is 8.01. The molecule has 0 bridgehead atoms. The number of carboxylic acid groups (broad SMARTS) is 1. The molecule has 0 aromatic heterocycles. The Morgan fingerprint density at radius 1 is 1.19 bits per heavy atom. The lowest BCUT2D eigenvalue weighted by molar-refractivity contribution is -0.142. The van der Waals surface area contributed by atoms with Crippen molar-refractivity contribution in [3.8, 4) is 0 Å². The molecule has 0 spiro atoms. The number of hydrogen-bond acceptors (Lipinski definition) is 3. The van der Waals surface area contributed by atoms with E-state index in [4.69, 9.17) is 4.74 Å². The Hall–Kier alpha value is -1.30. The number of hydrogen-bond donors (Lipinski definition) is 2. The standard InChI is InChI=1S/C15H26N2O4/c1-2-17(13-10-21-9-12(13)14(18)19)15(20)16-11-7-5-3-4-6-8-11/h11-13H,2-10H2,1H3,(H,16,20)(H,18,19). The first-order valence-corrected chi connectivity index (χ1v) is 8.01. The quantitative estimate of drug-likeness (QED) is 0.776. The molecule has 2 unspecified atom stereocenters. The number of likely N-dealkylation sites (N-methyl/N-ethyl adjacent to an activating group) is 1. The molecule has 1 aliphatic carbocycles. The molecule has 120 valence electrons. The van der Waals surface area contributed by atoms with Gasteiger partial charge in [-0.05, 0) is 19.8 Å². The van der Waals surface area contributed by atoms with E-state index in [1.54, 1.807) is 4.90 Å². The summed E-state index contributed by atoms with van der Waals surface area (Å²) in [6, 6.07) is -0.288. The van der Waals surface area contributed by atoms with E-state index in [2.05, 4.69) is 5.32 Å². The number of amides is 2. The normalized spacial score (nSPS) is 27.1. The van der Waals surface area contributed by atoms with Crippen LogP contribution in [0.4, 0.5) is 4.79 Å². The van der Waals surface area contributed by atoms with Crippen LogP contribution in [0.25, 0.3) is 0 Å². The number of aliphatic carboxylic acids is 1. The number of urea groups is 1. The number of carbonyl (C=O) groups excluding carboxylic acids is 1. The molecule has 1 aliphatic heterocycles. The largest absolute Gasteiger partial charge is 0.481 e. The van der Waals surface area contributed by atoms with E-state index in [1.165, 1.54) is 12.8 Å². The van der Waals surface area contributed by atoms with Crippen LogP contribution in [0, 0.1) is 5.92 Å². The molecule has 2 atom stereocenters. The van der Waals surface area contributed by atoms with Gasteiger partial charge in [0.15, 0.2) is 0 Å². The van der Waals surface area contributed by atoms with Gasteiger partial charge in [-0.25, -0.2) is 4.79 Å². The summed E-state index contributed by atoms with van der Waals surface area (Å²) in [5.41, 5.74) is 0. The van der Waals surface area contributed by atoms with Gasteiger partial charge in [-0.2, -0.15) is 0 Å². The van der Waals surface area contributed by atoms with Crippen LogP contribution in [0.1, 0.15) is 45.4 Å². The summed E-state index contributed by atoms with van der Waals surface area (Å²) in [6.45, 7) is 2.87. The average Bonchev–Trinajstić information content (AvgIpc) is 2.78. The average molecular weight is 298 g/mol. The lowest BCUT2D eigenvalue weighted by atomic mass is 10.0. The summed E-state index contributed by atoms with van der Waals surface area (Å²) in [4.78, 5) is 25.3. The van der Waals surface area contributed by atoms with Gasteiger partial charge in [0.25, 0.3) is 0 Å². The van der Waals surface area contributed by atoms with Gasteiger partial charge in [0.2, 0.25) is 0 Å². The van der Waals surface area contributed by atoms with Gasteiger partial charge in [0.05, 0.1) is 19.3 Å². The SMILES string of the molecule is CCN(C(=O)NC1CCCCCC1)C1COCC1C(=O)O. The third kappa shape index (κ3) is 4.09. The first-order chi connectivity index (χ1) is 10.1. The van der Waals surface area contributed by atoms with Gasteiger partial charge in [-0.15, -0.1) is 0 Å². The van der Waals surface area contributed by atoms with E-state index in [-0.39, 0.29) is 24.7 Å². The van der Waals surface area contributed by atoms with E-state index in [9.17, 15) is 14.7 Å². The Balaban J connectivity index is 1.95. The zero-order valence-corrected chi connectivity index (χ0v) is 12.7. The maximum Gasteiger partial charge on any atom is 0.317 e. The van der Waals surface area contributed by atoms with Crippen molar-refractivity contribution < 1.29 is 19.4 Å². The number of carbonyl (C=O) groups is 2. The Morgan fingerprint density at radius 3 is 2.43 bits per heavy atom. The molecule has 2 N–H and O–H groups in total. The van der Waals surface area contributed by atoms with Crippen molar-refractivity contribution in [2.75, 3.05) is 19.8 Å². The van der Waals surface area contributed by atoms with Crippen molar-refractivity contribution in [1.29, 1.82) is 0 Å². The maximum absolute atomic E-state index is 12.5. The minimum atomic E-state index is -0.891. The summed E-state index contributed by atoms with van der Waals surface area (Å²) in [7, 11) is 0. The molecule has 2 amide bonds. The molecule has 2 rings (SSSR count). The Morgan fingerprint density at radius 2 is 1.86 bits per heavy atom. The van der Waals surface area contributed by atoms with Gasteiger partial charge < -0.3 is 20.1 Å². The molecule has 0 aromatic rings. The fourth-order valence-corrected chi connectivity index (χ4v) is 3.30. The number of nitrogens with one attached hydrogen (secondary N) is 1. The van der Waals surface area contributed by atoms with Gasteiger partial charge in [0.1, 0.15) is 5.92 Å². The monoisotopic (exact) mass is 298 g/mol. The Bertz CT molecular complexity index is 367. The van der Waals surface area contributed by atoms with Crippen LogP contribution in [-0.4, -0.2) is 53.8 Å². The molecular formula is C15H26N2O4. The van der Waals surface area contributed by atoms with Crippen LogP contribution in [0.15, 0.2) is 0 Å². The van der Waals surface area contributed by atoms with Crippen LogP contribution in [0.3, 0.4) is 0 Å². The van der Waals surface area contributed by atoms with Gasteiger partial charge in [-0.1, -0.05) is 25.7 Å². The van der Waals surface area contributed by atoms with Crippen molar-refractivity contribution in [1.82, 2.24) is 10.2 Å².